The summed E-state index contributed by atoms with van der Waals surface area (Å²) in [7, 11) is 1.11. The van der Waals surface area contributed by atoms with Crippen LogP contribution in [0.2, 0.25) is 5.02 Å². The number of esters is 1. The quantitative estimate of drug-likeness (QED) is 0.806. The number of anilines is 2. The van der Waals surface area contributed by atoms with Crippen LogP contribution in [0.3, 0.4) is 0 Å². The number of benzene rings is 1. The van der Waals surface area contributed by atoms with Crippen molar-refractivity contribution in [2.24, 2.45) is 0 Å². The lowest BCUT2D eigenvalue weighted by Gasteiger charge is -2.08. The number of para-hydroxylation sites is 1. The zero-order valence-corrected chi connectivity index (χ0v) is 12.2. The van der Waals surface area contributed by atoms with Crippen molar-refractivity contribution in [2.45, 2.75) is 6.18 Å². The van der Waals surface area contributed by atoms with Crippen molar-refractivity contribution in [3.63, 3.8) is 0 Å². The molecule has 0 atom stereocenters. The first kappa shape index (κ1) is 15.7. The number of ether oxygens (including phenoxy) is 1. The lowest BCUT2D eigenvalue weighted by atomic mass is 10.3. The Bertz CT molecular complexity index is 670. The largest absolute Gasteiger partial charge is 0.465 e. The van der Waals surface area contributed by atoms with Gasteiger partial charge in [-0.25, -0.2) is 4.79 Å². The molecule has 0 saturated heterocycles. The first-order valence-electron chi connectivity index (χ1n) is 5.64. The molecule has 0 saturated carbocycles. The number of nitrogens with one attached hydrogen (secondary N) is 1. The van der Waals surface area contributed by atoms with Crippen LogP contribution < -0.4 is 5.32 Å². The van der Waals surface area contributed by atoms with Crippen LogP contribution in [0.5, 0.6) is 0 Å². The van der Waals surface area contributed by atoms with Crippen molar-refractivity contribution in [1.29, 1.82) is 0 Å². The van der Waals surface area contributed by atoms with Gasteiger partial charge in [-0.15, -0.1) is 11.3 Å². The number of halogens is 4. The minimum atomic E-state index is -4.53. The van der Waals surface area contributed by atoms with Crippen molar-refractivity contribution in [1.82, 2.24) is 0 Å². The van der Waals surface area contributed by atoms with Crippen LogP contribution in [0, 0.1) is 0 Å². The minimum Gasteiger partial charge on any atom is -0.465 e. The molecular weight excluding hydrogens is 327 g/mol. The fourth-order valence-corrected chi connectivity index (χ4v) is 2.66. The average molecular weight is 336 g/mol. The van der Waals surface area contributed by atoms with Crippen molar-refractivity contribution >= 4 is 40.3 Å². The predicted molar refractivity (Wildman–Crippen MR) is 75.4 cm³/mol. The molecule has 3 nitrogen and oxygen atoms in total. The predicted octanol–water partition coefficient (Wildman–Crippen LogP) is 4.95. The Hall–Kier alpha value is -1.73. The summed E-state index contributed by atoms with van der Waals surface area (Å²) in [5.41, 5.74) is 0.406. The molecule has 0 fully saturated rings. The summed E-state index contributed by atoms with van der Waals surface area (Å²) in [4.78, 5) is 10.5. The van der Waals surface area contributed by atoms with Gasteiger partial charge in [0.05, 0.1) is 23.5 Å². The third kappa shape index (κ3) is 3.48. The highest BCUT2D eigenvalue weighted by Crippen LogP contribution is 2.40. The summed E-state index contributed by atoms with van der Waals surface area (Å²) in [6.07, 6.45) is -4.53. The zero-order chi connectivity index (χ0) is 15.6. The van der Waals surface area contributed by atoms with E-state index in [1.807, 2.05) is 0 Å². The molecule has 0 bridgehead atoms. The van der Waals surface area contributed by atoms with Crippen molar-refractivity contribution in [3.05, 3.63) is 45.1 Å². The number of carbonyl (C=O) groups is 1. The van der Waals surface area contributed by atoms with Gasteiger partial charge in [-0.1, -0.05) is 23.7 Å². The molecule has 0 aliphatic carbocycles. The molecule has 1 aromatic heterocycles. The van der Waals surface area contributed by atoms with Crippen LogP contribution in [-0.4, -0.2) is 13.1 Å². The number of alkyl halides is 3. The van der Waals surface area contributed by atoms with Crippen molar-refractivity contribution in [3.8, 4) is 0 Å². The van der Waals surface area contributed by atoms with Crippen LogP contribution in [-0.2, 0) is 10.9 Å². The van der Waals surface area contributed by atoms with Gasteiger partial charge in [0.25, 0.3) is 0 Å². The van der Waals surface area contributed by atoms with Gasteiger partial charge in [0.15, 0.2) is 0 Å². The second-order valence-electron chi connectivity index (χ2n) is 3.95. The van der Waals surface area contributed by atoms with Gasteiger partial charge in [0.1, 0.15) is 9.75 Å². The fourth-order valence-electron chi connectivity index (χ4n) is 1.58. The molecule has 8 heteroatoms. The lowest BCUT2D eigenvalue weighted by Crippen LogP contribution is -2.02. The van der Waals surface area contributed by atoms with Gasteiger partial charge in [-0.05, 0) is 18.2 Å². The molecule has 1 heterocycles. The summed E-state index contributed by atoms with van der Waals surface area (Å²) in [5.74, 6) is -0.843. The Morgan fingerprint density at radius 3 is 2.52 bits per heavy atom. The van der Waals surface area contributed by atoms with Gasteiger partial charge in [-0.3, -0.25) is 0 Å². The molecule has 0 aliphatic rings. The molecule has 21 heavy (non-hydrogen) atoms. The van der Waals surface area contributed by atoms with Crippen LogP contribution in [0.1, 0.15) is 14.5 Å². The van der Waals surface area contributed by atoms with Gasteiger partial charge in [0, 0.05) is 0 Å². The Labute approximate surface area is 127 Å². The summed E-state index contributed by atoms with van der Waals surface area (Å²) >= 11 is 6.26. The first-order valence-corrected chi connectivity index (χ1v) is 6.83. The molecular formula is C13H9ClF3NO2S. The van der Waals surface area contributed by atoms with Gasteiger partial charge < -0.3 is 10.1 Å². The number of methoxy groups -OCH3 is 1. The summed E-state index contributed by atoms with van der Waals surface area (Å²) in [5, 5.41) is 3.05. The number of rotatable bonds is 3. The highest BCUT2D eigenvalue weighted by Gasteiger charge is 2.35. The van der Waals surface area contributed by atoms with Gasteiger partial charge in [-0.2, -0.15) is 13.2 Å². The Morgan fingerprint density at radius 2 is 1.95 bits per heavy atom. The van der Waals surface area contributed by atoms with E-state index in [9.17, 15) is 18.0 Å². The van der Waals surface area contributed by atoms with E-state index in [0.29, 0.717) is 22.0 Å². The summed E-state index contributed by atoms with van der Waals surface area (Å²) in [6, 6.07) is 7.39. The lowest BCUT2D eigenvalue weighted by molar-refractivity contribution is -0.134. The number of hydrogen-bond acceptors (Lipinski definition) is 4. The van der Waals surface area contributed by atoms with Crippen LogP contribution in [0.15, 0.2) is 30.3 Å². The molecule has 0 amide bonds. The van der Waals surface area contributed by atoms with E-state index in [-0.39, 0.29) is 10.6 Å². The molecule has 1 aromatic carbocycles. The molecule has 112 valence electrons. The second-order valence-corrected chi connectivity index (χ2v) is 5.41. The van der Waals surface area contributed by atoms with Crippen molar-refractivity contribution in [2.75, 3.05) is 12.4 Å². The molecule has 0 radical (unpaired) electrons. The SMILES string of the molecule is COC(=O)c1sc(C(F)(F)F)cc1Nc1ccccc1Cl. The normalized spacial score (nSPS) is 11.3. The fraction of sp³-hybridized carbons (Fsp3) is 0.154. The summed E-state index contributed by atoms with van der Waals surface area (Å²) < 4.78 is 42.8. The maximum absolute atomic E-state index is 12.8. The highest BCUT2D eigenvalue weighted by atomic mass is 35.5. The van der Waals surface area contributed by atoms with Gasteiger partial charge >= 0.3 is 12.1 Å². The number of carbonyl (C=O) groups excluding carboxylic acids is 1. The molecule has 0 unspecified atom stereocenters. The Kier molecular flexibility index (Phi) is 4.43. The van der Waals surface area contributed by atoms with E-state index in [1.54, 1.807) is 24.3 Å². The second kappa shape index (κ2) is 5.95. The van der Waals surface area contributed by atoms with E-state index in [2.05, 4.69) is 10.1 Å². The Balaban J connectivity index is 2.44. The maximum Gasteiger partial charge on any atom is 0.425 e. The van der Waals surface area contributed by atoms with Crippen molar-refractivity contribution < 1.29 is 22.7 Å². The Morgan fingerprint density at radius 1 is 1.29 bits per heavy atom. The topological polar surface area (TPSA) is 38.3 Å². The highest BCUT2D eigenvalue weighted by molar-refractivity contribution is 7.14. The van der Waals surface area contributed by atoms with Crippen LogP contribution in [0.25, 0.3) is 0 Å². The third-order valence-electron chi connectivity index (χ3n) is 2.53. The number of thiophene rings is 1. The van der Waals surface area contributed by atoms with Crippen LogP contribution >= 0.6 is 22.9 Å². The smallest absolute Gasteiger partial charge is 0.425 e. The molecule has 2 rings (SSSR count). The number of hydrogen-bond donors (Lipinski definition) is 1. The van der Waals surface area contributed by atoms with E-state index in [0.717, 1.165) is 13.2 Å². The van der Waals surface area contributed by atoms with Gasteiger partial charge in [0.2, 0.25) is 0 Å². The van der Waals surface area contributed by atoms with Crippen LogP contribution in [0.4, 0.5) is 24.5 Å². The zero-order valence-electron chi connectivity index (χ0n) is 10.6. The first-order chi connectivity index (χ1) is 9.82. The van der Waals surface area contributed by atoms with E-state index in [1.165, 1.54) is 0 Å². The minimum absolute atomic E-state index is 0.00674. The average Bonchev–Trinajstić information content (AvgIpc) is 2.84. The maximum atomic E-state index is 12.8. The molecule has 0 aliphatic heterocycles. The third-order valence-corrected chi connectivity index (χ3v) is 4.01. The molecule has 1 N–H and O–H groups in total. The summed E-state index contributed by atoms with van der Waals surface area (Å²) in [6.45, 7) is 0. The van der Waals surface area contributed by atoms with E-state index < -0.39 is 17.0 Å². The molecule has 0 spiro atoms. The standard InChI is InChI=1S/C13H9ClF3NO2S/c1-20-12(19)11-9(6-10(21-11)13(15,16)17)18-8-5-3-2-4-7(8)14/h2-6,18H,1H3. The van der Waals surface area contributed by atoms with E-state index >= 15 is 0 Å². The molecule has 2 aromatic rings. The monoisotopic (exact) mass is 335 g/mol. The van der Waals surface area contributed by atoms with E-state index in [4.69, 9.17) is 11.6 Å².